The lowest BCUT2D eigenvalue weighted by Crippen LogP contribution is -2.48. The van der Waals surface area contributed by atoms with E-state index >= 15 is 0 Å². The third kappa shape index (κ3) is 2.29. The van der Waals surface area contributed by atoms with Crippen molar-refractivity contribution in [3.8, 4) is 0 Å². The Morgan fingerprint density at radius 3 is 2.63 bits per heavy atom. The molecule has 1 unspecified atom stereocenters. The highest BCUT2D eigenvalue weighted by Gasteiger charge is 2.49. The minimum Gasteiger partial charge on any atom is -0.481 e. The van der Waals surface area contributed by atoms with Gasteiger partial charge in [-0.15, -0.1) is 0 Å². The highest BCUT2D eigenvalue weighted by Crippen LogP contribution is 2.46. The molecule has 0 radical (unpaired) electrons. The molecule has 4 atom stereocenters. The number of nitrogens with zero attached hydrogens (tertiary/aromatic N) is 1. The highest BCUT2D eigenvalue weighted by molar-refractivity contribution is 14.1. The van der Waals surface area contributed by atoms with Crippen molar-refractivity contribution in [2.45, 2.75) is 37.3 Å². The Morgan fingerprint density at radius 2 is 2.00 bits per heavy atom. The fraction of sp³-hybridized carbons (Fsp3) is 0.533. The molecule has 0 spiro atoms. The van der Waals surface area contributed by atoms with Crippen molar-refractivity contribution in [2.75, 3.05) is 7.05 Å². The number of halogens is 1. The first-order valence-electron chi connectivity index (χ1n) is 6.78. The van der Waals surface area contributed by atoms with Crippen LogP contribution in [0.15, 0.2) is 24.3 Å². The van der Waals surface area contributed by atoms with Crippen molar-refractivity contribution in [3.05, 3.63) is 33.4 Å². The Labute approximate surface area is 127 Å². The van der Waals surface area contributed by atoms with Crippen LogP contribution in [0, 0.1) is 9.49 Å². The number of rotatable bonds is 2. The summed E-state index contributed by atoms with van der Waals surface area (Å²) < 4.78 is 1.20. The van der Waals surface area contributed by atoms with Crippen LogP contribution in [0.4, 0.5) is 0 Å². The molecule has 3 nitrogen and oxygen atoms in total. The van der Waals surface area contributed by atoms with Gasteiger partial charge in [0.15, 0.2) is 0 Å². The number of carbonyl (C=O) groups is 1. The third-order valence-corrected chi connectivity index (χ3v) is 5.57. The lowest BCUT2D eigenvalue weighted by molar-refractivity contribution is -0.146. The SMILES string of the molecule is CN1C2CC[C@@H]1[C@@H](C(=O)O)[C@@H](c1ccc(I)cc1)C2. The molecular weight excluding hydrogens is 353 g/mol. The summed E-state index contributed by atoms with van der Waals surface area (Å²) in [6.45, 7) is 0. The van der Waals surface area contributed by atoms with Crippen LogP contribution in [-0.4, -0.2) is 35.1 Å². The zero-order chi connectivity index (χ0) is 13.6. The van der Waals surface area contributed by atoms with Crippen LogP contribution in [0.3, 0.4) is 0 Å². The molecule has 1 aromatic rings. The molecule has 19 heavy (non-hydrogen) atoms. The first-order valence-corrected chi connectivity index (χ1v) is 7.86. The minimum absolute atomic E-state index is 0.170. The lowest BCUT2D eigenvalue weighted by atomic mass is 9.76. The predicted octanol–water partition coefficient (Wildman–Crippen LogP) is 2.94. The topological polar surface area (TPSA) is 40.5 Å². The van der Waals surface area contributed by atoms with Crippen molar-refractivity contribution in [1.82, 2.24) is 4.90 Å². The molecule has 2 bridgehead atoms. The number of fused-ring (bicyclic) bond motifs is 2. The van der Waals surface area contributed by atoms with E-state index in [4.69, 9.17) is 0 Å². The zero-order valence-corrected chi connectivity index (χ0v) is 13.1. The number of benzene rings is 1. The van der Waals surface area contributed by atoms with Crippen LogP contribution in [-0.2, 0) is 4.79 Å². The van der Waals surface area contributed by atoms with Crippen molar-refractivity contribution in [3.63, 3.8) is 0 Å². The van der Waals surface area contributed by atoms with Gasteiger partial charge in [-0.05, 0) is 66.6 Å². The molecule has 1 N–H and O–H groups in total. The van der Waals surface area contributed by atoms with E-state index in [-0.39, 0.29) is 17.9 Å². The smallest absolute Gasteiger partial charge is 0.308 e. The average molecular weight is 371 g/mol. The standard InChI is InChI=1S/C15H18INO2/c1-17-11-6-7-13(17)14(15(18)19)12(8-11)9-2-4-10(16)5-3-9/h2-5,11-14H,6-8H2,1H3,(H,18,19)/t11?,12-,13-,14+/m1/s1. The Kier molecular flexibility index (Phi) is 3.55. The molecule has 2 fully saturated rings. The summed E-state index contributed by atoms with van der Waals surface area (Å²) in [7, 11) is 2.09. The molecule has 0 aliphatic carbocycles. The van der Waals surface area contributed by atoms with Crippen LogP contribution >= 0.6 is 22.6 Å². The van der Waals surface area contributed by atoms with Gasteiger partial charge in [0.2, 0.25) is 0 Å². The van der Waals surface area contributed by atoms with E-state index in [1.807, 2.05) is 0 Å². The van der Waals surface area contributed by atoms with Crippen LogP contribution in [0.25, 0.3) is 0 Å². The second-order valence-corrected chi connectivity index (χ2v) is 6.97. The van der Waals surface area contributed by atoms with Gasteiger partial charge in [-0.2, -0.15) is 0 Å². The van der Waals surface area contributed by atoms with Gasteiger partial charge in [-0.3, -0.25) is 9.69 Å². The van der Waals surface area contributed by atoms with E-state index in [9.17, 15) is 9.90 Å². The summed E-state index contributed by atoms with van der Waals surface area (Å²) in [6.07, 6.45) is 3.15. The van der Waals surface area contributed by atoms with Gasteiger partial charge in [0, 0.05) is 21.6 Å². The van der Waals surface area contributed by atoms with Crippen LogP contribution in [0.2, 0.25) is 0 Å². The van der Waals surface area contributed by atoms with Gasteiger partial charge in [-0.25, -0.2) is 0 Å². The molecule has 1 aromatic carbocycles. The van der Waals surface area contributed by atoms with Gasteiger partial charge >= 0.3 is 5.97 Å². The molecule has 0 saturated carbocycles. The number of carboxylic acids is 1. The first kappa shape index (κ1) is 13.4. The van der Waals surface area contributed by atoms with E-state index in [0.29, 0.717) is 6.04 Å². The van der Waals surface area contributed by atoms with Crippen molar-refractivity contribution in [2.24, 2.45) is 5.92 Å². The lowest BCUT2D eigenvalue weighted by Gasteiger charge is -2.41. The molecule has 4 heteroatoms. The van der Waals surface area contributed by atoms with Gasteiger partial charge < -0.3 is 5.11 Å². The zero-order valence-electron chi connectivity index (χ0n) is 10.9. The number of piperidine rings is 1. The molecule has 2 saturated heterocycles. The largest absolute Gasteiger partial charge is 0.481 e. The van der Waals surface area contributed by atoms with E-state index in [0.717, 1.165) is 19.3 Å². The molecule has 0 amide bonds. The normalized spacial score (nSPS) is 34.4. The quantitative estimate of drug-likeness (QED) is 0.813. The number of hydrogen-bond donors (Lipinski definition) is 1. The summed E-state index contributed by atoms with van der Waals surface area (Å²) in [5.41, 5.74) is 1.19. The predicted molar refractivity (Wildman–Crippen MR) is 82.2 cm³/mol. The highest BCUT2D eigenvalue weighted by atomic mass is 127. The molecule has 3 rings (SSSR count). The van der Waals surface area contributed by atoms with E-state index < -0.39 is 5.97 Å². The fourth-order valence-corrected chi connectivity index (χ4v) is 4.22. The molecule has 2 aliphatic heterocycles. The molecule has 2 aliphatic rings. The maximum Gasteiger partial charge on any atom is 0.308 e. The van der Waals surface area contributed by atoms with Crippen molar-refractivity contribution < 1.29 is 9.90 Å². The maximum atomic E-state index is 11.7. The molecule has 2 heterocycles. The van der Waals surface area contributed by atoms with Gasteiger partial charge in [-0.1, -0.05) is 12.1 Å². The summed E-state index contributed by atoms with van der Waals surface area (Å²) in [4.78, 5) is 14.0. The summed E-state index contributed by atoms with van der Waals surface area (Å²) in [5.74, 6) is -0.729. The summed E-state index contributed by atoms with van der Waals surface area (Å²) in [5, 5.41) is 9.63. The number of hydrogen-bond acceptors (Lipinski definition) is 2. The van der Waals surface area contributed by atoms with E-state index in [2.05, 4.69) is 58.8 Å². The van der Waals surface area contributed by atoms with Gasteiger partial charge in [0.25, 0.3) is 0 Å². The van der Waals surface area contributed by atoms with Crippen molar-refractivity contribution >= 4 is 28.6 Å². The first-order chi connectivity index (χ1) is 9.08. The Bertz CT molecular complexity index is 487. The minimum atomic E-state index is -0.638. The second kappa shape index (κ2) is 5.05. The van der Waals surface area contributed by atoms with Crippen LogP contribution in [0.5, 0.6) is 0 Å². The van der Waals surface area contributed by atoms with E-state index in [1.165, 1.54) is 9.13 Å². The van der Waals surface area contributed by atoms with Crippen LogP contribution in [0.1, 0.15) is 30.7 Å². The second-order valence-electron chi connectivity index (χ2n) is 5.72. The summed E-state index contributed by atoms with van der Waals surface area (Å²) >= 11 is 2.29. The number of carboxylic acid groups (broad SMARTS) is 1. The Morgan fingerprint density at radius 1 is 1.32 bits per heavy atom. The van der Waals surface area contributed by atoms with E-state index in [1.54, 1.807) is 0 Å². The van der Waals surface area contributed by atoms with Crippen LogP contribution < -0.4 is 0 Å². The number of aliphatic carboxylic acids is 1. The van der Waals surface area contributed by atoms with Gasteiger partial charge in [0.1, 0.15) is 0 Å². The third-order valence-electron chi connectivity index (χ3n) is 4.85. The van der Waals surface area contributed by atoms with Crippen molar-refractivity contribution in [1.29, 1.82) is 0 Å². The molecular formula is C15H18INO2. The maximum absolute atomic E-state index is 11.7. The fourth-order valence-electron chi connectivity index (χ4n) is 3.86. The Balaban J connectivity index is 1.95. The molecule has 102 valence electrons. The van der Waals surface area contributed by atoms with Gasteiger partial charge in [0.05, 0.1) is 5.92 Å². The average Bonchev–Trinajstić information content (AvgIpc) is 2.63. The Hall–Kier alpha value is -0.620. The summed E-state index contributed by atoms with van der Waals surface area (Å²) in [6, 6.07) is 9.13. The molecule has 0 aromatic heterocycles. The monoisotopic (exact) mass is 371 g/mol.